The summed E-state index contributed by atoms with van der Waals surface area (Å²) in [5, 5.41) is 0.644. The molecule has 0 heterocycles. The standard InChI is InChI=1S/C16H18ClFN2/c1-3-20(14-7-5-13(18)6-8-14)16-9-4-12(11(2)19)10-15(16)17/h4-11H,3,19H2,1-2H3. The van der Waals surface area contributed by atoms with Crippen molar-refractivity contribution in [1.82, 2.24) is 0 Å². The molecule has 0 aliphatic heterocycles. The van der Waals surface area contributed by atoms with Crippen LogP contribution in [-0.2, 0) is 0 Å². The minimum absolute atomic E-state index is 0.0533. The van der Waals surface area contributed by atoms with Crippen LogP contribution in [0.1, 0.15) is 25.5 Å². The molecular formula is C16H18ClFN2. The van der Waals surface area contributed by atoms with Crippen LogP contribution in [0.2, 0.25) is 5.02 Å². The van der Waals surface area contributed by atoms with Crippen molar-refractivity contribution in [2.24, 2.45) is 5.73 Å². The molecule has 2 aromatic rings. The Bertz CT molecular complexity index is 582. The molecule has 0 saturated carbocycles. The van der Waals surface area contributed by atoms with E-state index < -0.39 is 0 Å². The number of nitrogens with two attached hydrogens (primary N) is 1. The highest BCUT2D eigenvalue weighted by Crippen LogP contribution is 2.33. The van der Waals surface area contributed by atoms with Gasteiger partial charge in [0.05, 0.1) is 10.7 Å². The van der Waals surface area contributed by atoms with Gasteiger partial charge in [-0.15, -0.1) is 0 Å². The molecule has 0 spiro atoms. The highest BCUT2D eigenvalue weighted by atomic mass is 35.5. The lowest BCUT2D eigenvalue weighted by Crippen LogP contribution is -2.16. The molecule has 2 N–H and O–H groups in total. The number of hydrogen-bond acceptors (Lipinski definition) is 2. The number of halogens is 2. The monoisotopic (exact) mass is 292 g/mol. The molecule has 0 bridgehead atoms. The van der Waals surface area contributed by atoms with E-state index in [0.29, 0.717) is 5.02 Å². The van der Waals surface area contributed by atoms with Crippen molar-refractivity contribution in [2.75, 3.05) is 11.4 Å². The van der Waals surface area contributed by atoms with Gasteiger partial charge >= 0.3 is 0 Å². The normalized spacial score (nSPS) is 12.2. The van der Waals surface area contributed by atoms with E-state index in [0.717, 1.165) is 23.5 Å². The SMILES string of the molecule is CCN(c1ccc(F)cc1)c1ccc(C(C)N)cc1Cl. The Hall–Kier alpha value is -1.58. The first-order valence-electron chi connectivity index (χ1n) is 6.61. The van der Waals surface area contributed by atoms with Gasteiger partial charge in [0.2, 0.25) is 0 Å². The zero-order valence-electron chi connectivity index (χ0n) is 11.6. The largest absolute Gasteiger partial charge is 0.341 e. The molecule has 0 aliphatic rings. The molecule has 2 rings (SSSR count). The Kier molecular flexibility index (Phi) is 4.63. The van der Waals surface area contributed by atoms with Crippen molar-refractivity contribution >= 4 is 23.0 Å². The van der Waals surface area contributed by atoms with Crippen LogP contribution in [0.3, 0.4) is 0 Å². The van der Waals surface area contributed by atoms with Gasteiger partial charge in [0.1, 0.15) is 5.82 Å². The number of anilines is 2. The molecule has 2 aromatic carbocycles. The molecule has 0 radical (unpaired) electrons. The van der Waals surface area contributed by atoms with Gasteiger partial charge in [0.25, 0.3) is 0 Å². The summed E-state index contributed by atoms with van der Waals surface area (Å²) in [7, 11) is 0. The summed E-state index contributed by atoms with van der Waals surface area (Å²) < 4.78 is 13.0. The van der Waals surface area contributed by atoms with E-state index in [1.807, 2.05) is 36.9 Å². The zero-order chi connectivity index (χ0) is 14.7. The highest BCUT2D eigenvalue weighted by molar-refractivity contribution is 6.33. The van der Waals surface area contributed by atoms with E-state index in [1.54, 1.807) is 12.1 Å². The molecule has 0 amide bonds. The molecule has 0 saturated heterocycles. The van der Waals surface area contributed by atoms with Crippen molar-refractivity contribution in [1.29, 1.82) is 0 Å². The van der Waals surface area contributed by atoms with Crippen LogP contribution < -0.4 is 10.6 Å². The first-order valence-corrected chi connectivity index (χ1v) is 6.99. The maximum atomic E-state index is 13.0. The van der Waals surface area contributed by atoms with Gasteiger partial charge in [-0.3, -0.25) is 0 Å². The second-order valence-electron chi connectivity index (χ2n) is 4.72. The molecule has 0 aromatic heterocycles. The fourth-order valence-electron chi connectivity index (χ4n) is 2.14. The quantitative estimate of drug-likeness (QED) is 0.888. The Morgan fingerprint density at radius 2 is 1.85 bits per heavy atom. The van der Waals surface area contributed by atoms with E-state index in [4.69, 9.17) is 17.3 Å². The third-order valence-corrected chi connectivity index (χ3v) is 3.55. The van der Waals surface area contributed by atoms with Gasteiger partial charge in [-0.05, 0) is 55.8 Å². The molecular weight excluding hydrogens is 275 g/mol. The third kappa shape index (κ3) is 3.11. The van der Waals surface area contributed by atoms with Crippen LogP contribution in [0.4, 0.5) is 15.8 Å². The zero-order valence-corrected chi connectivity index (χ0v) is 12.4. The number of rotatable bonds is 4. The van der Waals surface area contributed by atoms with Crippen LogP contribution in [0, 0.1) is 5.82 Å². The predicted molar refractivity (Wildman–Crippen MR) is 83.1 cm³/mol. The van der Waals surface area contributed by atoms with Gasteiger partial charge < -0.3 is 10.6 Å². The molecule has 4 heteroatoms. The van der Waals surface area contributed by atoms with Crippen LogP contribution in [-0.4, -0.2) is 6.54 Å². The fraction of sp³-hybridized carbons (Fsp3) is 0.250. The second kappa shape index (κ2) is 6.25. The lowest BCUT2D eigenvalue weighted by Gasteiger charge is -2.25. The molecule has 0 fully saturated rings. The van der Waals surface area contributed by atoms with Gasteiger partial charge in [-0.2, -0.15) is 0 Å². The van der Waals surface area contributed by atoms with Crippen LogP contribution >= 0.6 is 11.6 Å². The highest BCUT2D eigenvalue weighted by Gasteiger charge is 2.12. The van der Waals surface area contributed by atoms with E-state index in [9.17, 15) is 4.39 Å². The van der Waals surface area contributed by atoms with E-state index in [2.05, 4.69) is 0 Å². The van der Waals surface area contributed by atoms with Gasteiger partial charge in [-0.1, -0.05) is 17.7 Å². The smallest absolute Gasteiger partial charge is 0.123 e. The molecule has 1 unspecified atom stereocenters. The van der Waals surface area contributed by atoms with Crippen molar-refractivity contribution in [3.8, 4) is 0 Å². The van der Waals surface area contributed by atoms with Crippen molar-refractivity contribution < 1.29 is 4.39 Å². The summed E-state index contributed by atoms with van der Waals surface area (Å²) in [5.41, 5.74) is 8.65. The van der Waals surface area contributed by atoms with E-state index >= 15 is 0 Å². The Balaban J connectivity index is 2.39. The van der Waals surface area contributed by atoms with Gasteiger partial charge in [-0.25, -0.2) is 4.39 Å². The Morgan fingerprint density at radius 3 is 2.35 bits per heavy atom. The predicted octanol–water partition coefficient (Wildman–Crippen LogP) is 4.66. The second-order valence-corrected chi connectivity index (χ2v) is 5.13. The maximum absolute atomic E-state index is 13.0. The fourth-order valence-corrected chi connectivity index (χ4v) is 2.43. The third-order valence-electron chi connectivity index (χ3n) is 3.24. The van der Waals surface area contributed by atoms with Crippen molar-refractivity contribution in [3.05, 3.63) is 58.9 Å². The van der Waals surface area contributed by atoms with Crippen molar-refractivity contribution in [2.45, 2.75) is 19.9 Å². The minimum atomic E-state index is -0.247. The van der Waals surface area contributed by atoms with Crippen LogP contribution in [0.25, 0.3) is 0 Å². The summed E-state index contributed by atoms with van der Waals surface area (Å²) in [6, 6.07) is 12.1. The molecule has 0 aliphatic carbocycles. The first-order chi connectivity index (χ1) is 9.52. The Morgan fingerprint density at radius 1 is 1.20 bits per heavy atom. The molecule has 106 valence electrons. The average Bonchev–Trinajstić information content (AvgIpc) is 2.43. The summed E-state index contributed by atoms with van der Waals surface area (Å²) in [6.07, 6.45) is 0. The lowest BCUT2D eigenvalue weighted by atomic mass is 10.1. The summed E-state index contributed by atoms with van der Waals surface area (Å²) in [5.74, 6) is -0.247. The van der Waals surface area contributed by atoms with E-state index in [-0.39, 0.29) is 11.9 Å². The number of benzene rings is 2. The minimum Gasteiger partial charge on any atom is -0.341 e. The summed E-state index contributed by atoms with van der Waals surface area (Å²) in [4.78, 5) is 2.03. The van der Waals surface area contributed by atoms with Crippen LogP contribution in [0.5, 0.6) is 0 Å². The average molecular weight is 293 g/mol. The number of hydrogen-bond donors (Lipinski definition) is 1. The molecule has 20 heavy (non-hydrogen) atoms. The Labute approximate surface area is 124 Å². The lowest BCUT2D eigenvalue weighted by molar-refractivity contribution is 0.628. The van der Waals surface area contributed by atoms with E-state index in [1.165, 1.54) is 12.1 Å². The van der Waals surface area contributed by atoms with Gasteiger partial charge in [0.15, 0.2) is 0 Å². The van der Waals surface area contributed by atoms with Crippen LogP contribution in [0.15, 0.2) is 42.5 Å². The molecule has 1 atom stereocenters. The first kappa shape index (κ1) is 14.8. The van der Waals surface area contributed by atoms with Crippen molar-refractivity contribution in [3.63, 3.8) is 0 Å². The summed E-state index contributed by atoms with van der Waals surface area (Å²) >= 11 is 6.36. The summed E-state index contributed by atoms with van der Waals surface area (Å²) in [6.45, 7) is 4.69. The topological polar surface area (TPSA) is 29.3 Å². The number of nitrogens with zero attached hydrogens (tertiary/aromatic N) is 1. The van der Waals surface area contributed by atoms with Gasteiger partial charge in [0, 0.05) is 18.3 Å². The maximum Gasteiger partial charge on any atom is 0.123 e. The molecule has 2 nitrogen and oxygen atoms in total.